The molecule has 7 heteroatoms. The van der Waals surface area contributed by atoms with Crippen molar-refractivity contribution in [1.82, 2.24) is 0 Å². The van der Waals surface area contributed by atoms with Crippen molar-refractivity contribution in [2.45, 2.75) is 136 Å². The summed E-state index contributed by atoms with van der Waals surface area (Å²) >= 11 is 0. The fourth-order valence-electron chi connectivity index (χ4n) is 4.61. The number of carboxylic acids is 1. The smallest absolute Gasteiger partial charge is 0.343 e. The summed E-state index contributed by atoms with van der Waals surface area (Å²) < 4.78 is 23.8. The molecule has 1 aromatic rings. The number of methoxy groups -OCH3 is 1. The molecule has 0 atom stereocenters. The van der Waals surface area contributed by atoms with Crippen LogP contribution in [0.5, 0.6) is 28.7 Å². The number of benzene rings is 1. The maximum Gasteiger partial charge on any atom is 0.343 e. The molecule has 0 fully saturated rings. The SMILES string of the molecule is CCCCCCCCOc1c(OC)c(O)c(C(=O)O)c(OCCCCCCCC)c1OCCCCCCCC. The molecule has 0 bridgehead atoms. The minimum Gasteiger partial charge on any atom is -0.503 e. The number of aromatic hydroxyl groups is 1. The Kier molecular flexibility index (Phi) is 20.0. The molecular formula is C32H56O7. The van der Waals surface area contributed by atoms with Gasteiger partial charge in [-0.1, -0.05) is 117 Å². The summed E-state index contributed by atoms with van der Waals surface area (Å²) in [5, 5.41) is 20.9. The summed E-state index contributed by atoms with van der Waals surface area (Å²) in [6, 6.07) is 0. The Morgan fingerprint density at radius 3 is 1.23 bits per heavy atom. The first-order valence-corrected chi connectivity index (χ1v) is 15.6. The van der Waals surface area contributed by atoms with Crippen molar-refractivity contribution in [1.29, 1.82) is 0 Å². The van der Waals surface area contributed by atoms with E-state index in [9.17, 15) is 15.0 Å². The van der Waals surface area contributed by atoms with E-state index < -0.39 is 11.7 Å². The van der Waals surface area contributed by atoms with Crippen molar-refractivity contribution in [3.63, 3.8) is 0 Å². The first kappa shape index (κ1) is 34.7. The zero-order chi connectivity index (χ0) is 28.7. The molecule has 0 aliphatic carbocycles. The normalized spacial score (nSPS) is 11.0. The third-order valence-electron chi connectivity index (χ3n) is 6.95. The average molecular weight is 553 g/mol. The number of rotatable bonds is 26. The van der Waals surface area contributed by atoms with E-state index in [4.69, 9.17) is 18.9 Å². The minimum atomic E-state index is -1.30. The van der Waals surface area contributed by atoms with Crippen molar-refractivity contribution in [2.75, 3.05) is 26.9 Å². The van der Waals surface area contributed by atoms with Gasteiger partial charge in [0.1, 0.15) is 0 Å². The van der Waals surface area contributed by atoms with Gasteiger partial charge >= 0.3 is 5.97 Å². The fraction of sp³-hybridized carbons (Fsp3) is 0.781. The van der Waals surface area contributed by atoms with Crippen molar-refractivity contribution in [2.24, 2.45) is 0 Å². The van der Waals surface area contributed by atoms with Gasteiger partial charge in [-0.05, 0) is 19.3 Å². The lowest BCUT2D eigenvalue weighted by Gasteiger charge is -2.22. The molecule has 0 unspecified atom stereocenters. The zero-order valence-electron chi connectivity index (χ0n) is 25.3. The highest BCUT2D eigenvalue weighted by Crippen LogP contribution is 2.53. The second-order valence-corrected chi connectivity index (χ2v) is 10.4. The summed E-state index contributed by atoms with van der Waals surface area (Å²) in [7, 11) is 1.40. The average Bonchev–Trinajstić information content (AvgIpc) is 2.92. The van der Waals surface area contributed by atoms with Gasteiger partial charge < -0.3 is 29.2 Å². The van der Waals surface area contributed by atoms with Crippen LogP contribution in [0.4, 0.5) is 0 Å². The van der Waals surface area contributed by atoms with E-state index in [1.54, 1.807) is 0 Å². The van der Waals surface area contributed by atoms with Gasteiger partial charge in [-0.25, -0.2) is 4.79 Å². The van der Waals surface area contributed by atoms with Gasteiger partial charge in [0.2, 0.25) is 17.2 Å². The molecule has 0 aromatic heterocycles. The molecule has 226 valence electrons. The number of unbranched alkanes of at least 4 members (excludes halogenated alkanes) is 15. The molecular weight excluding hydrogens is 496 g/mol. The molecule has 0 amide bonds. The van der Waals surface area contributed by atoms with Crippen LogP contribution >= 0.6 is 0 Å². The quantitative estimate of drug-likeness (QED) is 0.111. The van der Waals surface area contributed by atoms with Crippen LogP contribution in [-0.4, -0.2) is 43.1 Å². The Labute approximate surface area is 237 Å². The third kappa shape index (κ3) is 13.5. The van der Waals surface area contributed by atoms with Crippen LogP contribution in [0, 0.1) is 0 Å². The minimum absolute atomic E-state index is 0.0248. The van der Waals surface area contributed by atoms with Crippen molar-refractivity contribution in [3.8, 4) is 28.7 Å². The van der Waals surface area contributed by atoms with Gasteiger partial charge in [-0.2, -0.15) is 0 Å². The Morgan fingerprint density at radius 2 is 0.872 bits per heavy atom. The fourth-order valence-corrected chi connectivity index (χ4v) is 4.61. The van der Waals surface area contributed by atoms with Crippen molar-refractivity contribution < 1.29 is 34.0 Å². The first-order valence-electron chi connectivity index (χ1n) is 15.6. The largest absolute Gasteiger partial charge is 0.503 e. The molecule has 7 nitrogen and oxygen atoms in total. The number of ether oxygens (including phenoxy) is 4. The summed E-state index contributed by atoms with van der Waals surface area (Å²) in [5.41, 5.74) is -0.345. The number of carboxylic acid groups (broad SMARTS) is 1. The second-order valence-electron chi connectivity index (χ2n) is 10.4. The van der Waals surface area contributed by atoms with Gasteiger partial charge in [0.25, 0.3) is 0 Å². The van der Waals surface area contributed by atoms with Crippen LogP contribution in [0.2, 0.25) is 0 Å². The Hall–Kier alpha value is -2.31. The van der Waals surface area contributed by atoms with E-state index >= 15 is 0 Å². The molecule has 0 saturated heterocycles. The van der Waals surface area contributed by atoms with E-state index in [0.717, 1.165) is 57.8 Å². The van der Waals surface area contributed by atoms with Crippen molar-refractivity contribution in [3.05, 3.63) is 5.56 Å². The molecule has 0 aliphatic heterocycles. The molecule has 0 radical (unpaired) electrons. The van der Waals surface area contributed by atoms with Gasteiger partial charge in [0.05, 0.1) is 26.9 Å². The lowest BCUT2D eigenvalue weighted by molar-refractivity contribution is 0.0686. The predicted octanol–water partition coefficient (Wildman–Crippen LogP) is 9.32. The Bertz CT molecular complexity index is 779. The van der Waals surface area contributed by atoms with Gasteiger partial charge in [0, 0.05) is 0 Å². The molecule has 39 heavy (non-hydrogen) atoms. The van der Waals surface area contributed by atoms with Gasteiger partial charge in [0.15, 0.2) is 17.1 Å². The molecule has 0 aliphatic rings. The molecule has 0 heterocycles. The maximum atomic E-state index is 12.3. The number of hydrogen-bond donors (Lipinski definition) is 2. The van der Waals surface area contributed by atoms with E-state index in [1.807, 2.05) is 0 Å². The van der Waals surface area contributed by atoms with Crippen LogP contribution in [0.1, 0.15) is 147 Å². The summed E-state index contributed by atoms with van der Waals surface area (Å²) in [6.45, 7) is 7.73. The number of hydrogen-bond acceptors (Lipinski definition) is 6. The summed E-state index contributed by atoms with van der Waals surface area (Å²) in [6.07, 6.45) is 19.8. The summed E-state index contributed by atoms with van der Waals surface area (Å²) in [5.74, 6) is -1.35. The lowest BCUT2D eigenvalue weighted by Crippen LogP contribution is -2.12. The topological polar surface area (TPSA) is 94.5 Å². The number of carbonyl (C=O) groups is 1. The monoisotopic (exact) mass is 552 g/mol. The number of aromatic carboxylic acids is 1. The highest BCUT2D eigenvalue weighted by atomic mass is 16.6. The van der Waals surface area contributed by atoms with Crippen LogP contribution < -0.4 is 18.9 Å². The molecule has 2 N–H and O–H groups in total. The first-order chi connectivity index (χ1) is 19.0. The molecule has 0 saturated carbocycles. The Balaban J connectivity index is 3.11. The van der Waals surface area contributed by atoms with Crippen LogP contribution in [0.3, 0.4) is 0 Å². The molecule has 1 rings (SSSR count). The number of phenols is 1. The van der Waals surface area contributed by atoms with E-state index in [1.165, 1.54) is 64.9 Å². The third-order valence-corrected chi connectivity index (χ3v) is 6.95. The van der Waals surface area contributed by atoms with Crippen molar-refractivity contribution >= 4 is 5.97 Å². The highest BCUT2D eigenvalue weighted by molar-refractivity contribution is 5.97. The molecule has 1 aromatic carbocycles. The molecule has 0 spiro atoms. The standard InChI is InChI=1S/C32H56O7/c1-5-8-11-14-17-20-23-37-28-26(32(34)35)27(33)29(36-4)31(39-25-22-19-16-13-10-7-3)30(28)38-24-21-18-15-12-9-6-2/h33H,5-25H2,1-4H3,(H,34,35). The van der Waals surface area contributed by atoms with E-state index in [2.05, 4.69) is 20.8 Å². The summed E-state index contributed by atoms with van der Waals surface area (Å²) in [4.78, 5) is 12.3. The van der Waals surface area contributed by atoms with Gasteiger partial charge in [-0.15, -0.1) is 0 Å². The van der Waals surface area contributed by atoms with Crippen LogP contribution in [-0.2, 0) is 0 Å². The van der Waals surface area contributed by atoms with Crippen LogP contribution in [0.15, 0.2) is 0 Å². The van der Waals surface area contributed by atoms with E-state index in [-0.39, 0.29) is 28.6 Å². The predicted molar refractivity (Wildman–Crippen MR) is 158 cm³/mol. The van der Waals surface area contributed by atoms with E-state index in [0.29, 0.717) is 19.8 Å². The maximum absolute atomic E-state index is 12.3. The lowest BCUT2D eigenvalue weighted by atomic mass is 10.1. The zero-order valence-corrected chi connectivity index (χ0v) is 25.3. The Morgan fingerprint density at radius 1 is 0.538 bits per heavy atom. The van der Waals surface area contributed by atoms with Gasteiger partial charge in [-0.3, -0.25) is 0 Å². The highest BCUT2D eigenvalue weighted by Gasteiger charge is 2.32. The van der Waals surface area contributed by atoms with Crippen LogP contribution in [0.25, 0.3) is 0 Å². The second kappa shape index (κ2) is 22.5.